The van der Waals surface area contributed by atoms with Crippen LogP contribution in [0.2, 0.25) is 0 Å². The molecular weight excluding hydrogens is 335 g/mol. The fourth-order valence-electron chi connectivity index (χ4n) is 2.45. The highest BCUT2D eigenvalue weighted by Gasteiger charge is 2.24. The molecule has 1 aliphatic heterocycles. The summed E-state index contributed by atoms with van der Waals surface area (Å²) < 4.78 is 14.4. The molecule has 108 valence electrons. The van der Waals surface area contributed by atoms with Crippen LogP contribution in [0.4, 0.5) is 10.1 Å². The van der Waals surface area contributed by atoms with E-state index in [-0.39, 0.29) is 17.6 Å². The summed E-state index contributed by atoms with van der Waals surface area (Å²) in [4.78, 5) is 12.3. The van der Waals surface area contributed by atoms with Crippen LogP contribution in [0.1, 0.15) is 11.1 Å². The van der Waals surface area contributed by atoms with Crippen molar-refractivity contribution >= 4 is 27.5 Å². The molecule has 3 nitrogen and oxygen atoms in total. The average molecular weight is 349 g/mol. The van der Waals surface area contributed by atoms with Crippen molar-refractivity contribution in [2.75, 3.05) is 5.32 Å². The Labute approximate surface area is 130 Å². The van der Waals surface area contributed by atoms with Gasteiger partial charge in [-0.1, -0.05) is 40.2 Å². The molecule has 0 saturated carbocycles. The maximum Gasteiger partial charge on any atom is 0.241 e. The maximum atomic E-state index is 13.8. The number of carbonyl (C=O) groups excluding carboxylic acids is 1. The molecule has 1 aliphatic rings. The smallest absolute Gasteiger partial charge is 0.241 e. The first-order chi connectivity index (χ1) is 10.1. The number of benzene rings is 2. The predicted molar refractivity (Wildman–Crippen MR) is 83.5 cm³/mol. The SMILES string of the molecule is O=C(Nc1ccc(Br)cc1F)[C@H]1Cc2ccccc2CN1. The molecule has 0 spiro atoms. The molecule has 1 heterocycles. The zero-order chi connectivity index (χ0) is 14.8. The summed E-state index contributed by atoms with van der Waals surface area (Å²) in [6, 6.07) is 12.3. The summed E-state index contributed by atoms with van der Waals surface area (Å²) in [5.41, 5.74) is 2.56. The third-order valence-corrected chi connectivity index (χ3v) is 4.08. The second-order valence-electron chi connectivity index (χ2n) is 5.02. The molecule has 0 saturated heterocycles. The summed E-state index contributed by atoms with van der Waals surface area (Å²) in [6.45, 7) is 0.650. The first-order valence-electron chi connectivity index (χ1n) is 6.69. The third-order valence-electron chi connectivity index (χ3n) is 3.59. The predicted octanol–water partition coefficient (Wildman–Crippen LogP) is 3.24. The van der Waals surface area contributed by atoms with Gasteiger partial charge in [-0.3, -0.25) is 4.79 Å². The molecule has 1 amide bonds. The van der Waals surface area contributed by atoms with Crippen LogP contribution < -0.4 is 10.6 Å². The summed E-state index contributed by atoms with van der Waals surface area (Å²) in [7, 11) is 0. The summed E-state index contributed by atoms with van der Waals surface area (Å²) >= 11 is 3.19. The van der Waals surface area contributed by atoms with E-state index in [9.17, 15) is 9.18 Å². The maximum absolute atomic E-state index is 13.8. The van der Waals surface area contributed by atoms with E-state index in [0.717, 1.165) is 5.56 Å². The Morgan fingerprint density at radius 3 is 2.76 bits per heavy atom. The molecular formula is C16H14BrFN2O. The van der Waals surface area contributed by atoms with Gasteiger partial charge in [-0.05, 0) is 35.7 Å². The minimum atomic E-state index is -0.450. The second kappa shape index (κ2) is 5.95. The number of fused-ring (bicyclic) bond motifs is 1. The standard InChI is InChI=1S/C16H14BrFN2O/c17-12-5-6-14(13(18)8-12)20-16(21)15-7-10-3-1-2-4-11(10)9-19-15/h1-6,8,15,19H,7,9H2,(H,20,21)/t15-/m1/s1. The van der Waals surface area contributed by atoms with Crippen LogP contribution in [-0.2, 0) is 17.8 Å². The van der Waals surface area contributed by atoms with Crippen LogP contribution in [0.15, 0.2) is 46.9 Å². The van der Waals surface area contributed by atoms with Gasteiger partial charge in [-0.15, -0.1) is 0 Å². The summed E-state index contributed by atoms with van der Waals surface area (Å²) in [5.74, 6) is -0.667. The van der Waals surface area contributed by atoms with Gasteiger partial charge in [-0.25, -0.2) is 4.39 Å². The molecule has 1 atom stereocenters. The van der Waals surface area contributed by atoms with Gasteiger partial charge in [0, 0.05) is 11.0 Å². The molecule has 0 radical (unpaired) electrons. The van der Waals surface area contributed by atoms with Crippen LogP contribution >= 0.6 is 15.9 Å². The van der Waals surface area contributed by atoms with Crippen molar-refractivity contribution in [2.24, 2.45) is 0 Å². The first-order valence-corrected chi connectivity index (χ1v) is 7.49. The fourth-order valence-corrected chi connectivity index (χ4v) is 2.78. The first kappa shape index (κ1) is 14.2. The van der Waals surface area contributed by atoms with E-state index in [2.05, 4.69) is 26.6 Å². The molecule has 2 N–H and O–H groups in total. The lowest BCUT2D eigenvalue weighted by Crippen LogP contribution is -2.44. The lowest BCUT2D eigenvalue weighted by atomic mass is 9.95. The monoisotopic (exact) mass is 348 g/mol. The Hall–Kier alpha value is -1.72. The number of nitrogens with one attached hydrogen (secondary N) is 2. The Morgan fingerprint density at radius 1 is 1.24 bits per heavy atom. The quantitative estimate of drug-likeness (QED) is 0.874. The van der Waals surface area contributed by atoms with Gasteiger partial charge in [0.05, 0.1) is 11.7 Å². The molecule has 0 bridgehead atoms. The van der Waals surface area contributed by atoms with Gasteiger partial charge < -0.3 is 10.6 Å². The Bertz CT molecular complexity index is 690. The zero-order valence-electron chi connectivity index (χ0n) is 11.2. The molecule has 2 aromatic rings. The number of halogens is 2. The van der Waals surface area contributed by atoms with Crippen molar-refractivity contribution < 1.29 is 9.18 Å². The number of hydrogen-bond donors (Lipinski definition) is 2. The molecule has 5 heteroatoms. The lowest BCUT2D eigenvalue weighted by molar-refractivity contribution is -0.118. The highest BCUT2D eigenvalue weighted by atomic mass is 79.9. The second-order valence-corrected chi connectivity index (χ2v) is 5.94. The number of amides is 1. The van der Waals surface area contributed by atoms with Gasteiger partial charge in [0.1, 0.15) is 5.82 Å². The van der Waals surface area contributed by atoms with Gasteiger partial charge in [-0.2, -0.15) is 0 Å². The Morgan fingerprint density at radius 2 is 2.00 bits per heavy atom. The van der Waals surface area contributed by atoms with E-state index in [0.29, 0.717) is 17.4 Å². The van der Waals surface area contributed by atoms with Gasteiger partial charge in [0.2, 0.25) is 5.91 Å². The van der Waals surface area contributed by atoms with E-state index in [1.165, 1.54) is 11.6 Å². The largest absolute Gasteiger partial charge is 0.322 e. The Kier molecular flexibility index (Phi) is 4.03. The van der Waals surface area contributed by atoms with Crippen LogP contribution in [0.3, 0.4) is 0 Å². The van der Waals surface area contributed by atoms with Crippen LogP contribution in [0.25, 0.3) is 0 Å². The lowest BCUT2D eigenvalue weighted by Gasteiger charge is -2.25. The van der Waals surface area contributed by atoms with Crippen LogP contribution in [-0.4, -0.2) is 11.9 Å². The normalized spacial score (nSPS) is 17.1. The molecule has 3 rings (SSSR count). The molecule has 0 aliphatic carbocycles. The van der Waals surface area contributed by atoms with Crippen LogP contribution in [0.5, 0.6) is 0 Å². The fraction of sp³-hybridized carbons (Fsp3) is 0.188. The van der Waals surface area contributed by atoms with Gasteiger partial charge in [0.25, 0.3) is 0 Å². The topological polar surface area (TPSA) is 41.1 Å². The molecule has 2 aromatic carbocycles. The van der Waals surface area contributed by atoms with Crippen molar-refractivity contribution in [3.63, 3.8) is 0 Å². The van der Waals surface area contributed by atoms with Crippen molar-refractivity contribution in [2.45, 2.75) is 19.0 Å². The van der Waals surface area contributed by atoms with Gasteiger partial charge >= 0.3 is 0 Å². The molecule has 0 unspecified atom stereocenters. The van der Waals surface area contributed by atoms with Crippen molar-refractivity contribution in [3.8, 4) is 0 Å². The van der Waals surface area contributed by atoms with Crippen molar-refractivity contribution in [3.05, 3.63) is 63.9 Å². The number of hydrogen-bond acceptors (Lipinski definition) is 2. The Balaban J connectivity index is 1.72. The number of carbonyl (C=O) groups is 1. The van der Waals surface area contributed by atoms with Crippen LogP contribution in [0, 0.1) is 5.82 Å². The minimum Gasteiger partial charge on any atom is -0.322 e. The average Bonchev–Trinajstić information content (AvgIpc) is 2.49. The number of rotatable bonds is 2. The van der Waals surface area contributed by atoms with Crippen molar-refractivity contribution in [1.82, 2.24) is 5.32 Å². The number of anilines is 1. The van der Waals surface area contributed by atoms with E-state index < -0.39 is 5.82 Å². The third kappa shape index (κ3) is 3.14. The minimum absolute atomic E-state index is 0.198. The summed E-state index contributed by atoms with van der Waals surface area (Å²) in [6.07, 6.45) is 0.611. The highest BCUT2D eigenvalue weighted by Crippen LogP contribution is 2.21. The summed E-state index contributed by atoms with van der Waals surface area (Å²) in [5, 5.41) is 5.82. The van der Waals surface area contributed by atoms with Gasteiger partial charge in [0.15, 0.2) is 0 Å². The zero-order valence-corrected chi connectivity index (χ0v) is 12.8. The van der Waals surface area contributed by atoms with Crippen molar-refractivity contribution in [1.29, 1.82) is 0 Å². The van der Waals surface area contributed by atoms with E-state index in [4.69, 9.17) is 0 Å². The molecule has 21 heavy (non-hydrogen) atoms. The van der Waals surface area contributed by atoms with E-state index in [1.807, 2.05) is 24.3 Å². The molecule has 0 fully saturated rings. The highest BCUT2D eigenvalue weighted by molar-refractivity contribution is 9.10. The van der Waals surface area contributed by atoms with E-state index in [1.54, 1.807) is 12.1 Å². The molecule has 0 aromatic heterocycles. The van der Waals surface area contributed by atoms with E-state index >= 15 is 0 Å².